The molecule has 0 saturated heterocycles. The summed E-state index contributed by atoms with van der Waals surface area (Å²) in [6.07, 6.45) is 1.85. The first kappa shape index (κ1) is 10.4. The number of halogens is 1. The van der Waals surface area contributed by atoms with Crippen LogP contribution in [0.2, 0.25) is 0 Å². The smallest absolute Gasteiger partial charge is 0.0752 e. The summed E-state index contributed by atoms with van der Waals surface area (Å²) in [5, 5.41) is 5.50. The van der Waals surface area contributed by atoms with E-state index in [1.54, 1.807) is 0 Å². The molecule has 2 aromatic carbocycles. The number of rotatable bonds is 1. The zero-order valence-corrected chi connectivity index (χ0v) is 10.6. The summed E-state index contributed by atoms with van der Waals surface area (Å²) >= 11 is 3.47. The van der Waals surface area contributed by atoms with E-state index in [4.69, 9.17) is 5.73 Å². The van der Waals surface area contributed by atoms with E-state index in [1.807, 2.05) is 53.3 Å². The fourth-order valence-corrected chi connectivity index (χ4v) is 2.20. The Morgan fingerprint density at radius 1 is 1.12 bits per heavy atom. The highest BCUT2D eigenvalue weighted by Gasteiger charge is 2.05. The summed E-state index contributed by atoms with van der Waals surface area (Å²) in [5.41, 5.74) is 8.56. The van der Waals surface area contributed by atoms with Gasteiger partial charge in [-0.25, -0.2) is 4.68 Å². The number of fused-ring (bicyclic) bond motifs is 1. The van der Waals surface area contributed by atoms with Crippen molar-refractivity contribution in [2.45, 2.75) is 0 Å². The number of aromatic nitrogens is 2. The molecule has 1 aromatic heterocycles. The Labute approximate surface area is 107 Å². The largest absolute Gasteiger partial charge is 0.399 e. The standard InChI is InChI=1S/C13H10BrN3/c14-10-5-4-9-8-16-17(13(9)6-10)12-3-1-2-11(15)7-12/h1-8H,15H2. The molecule has 0 unspecified atom stereocenters. The summed E-state index contributed by atoms with van der Waals surface area (Å²) < 4.78 is 2.92. The topological polar surface area (TPSA) is 43.8 Å². The van der Waals surface area contributed by atoms with E-state index in [1.165, 1.54) is 0 Å². The molecular weight excluding hydrogens is 278 g/mol. The molecule has 0 atom stereocenters. The molecule has 1 heterocycles. The van der Waals surface area contributed by atoms with Crippen molar-refractivity contribution < 1.29 is 0 Å². The average Bonchev–Trinajstić information content (AvgIpc) is 2.71. The molecule has 3 aromatic rings. The van der Waals surface area contributed by atoms with Crippen molar-refractivity contribution in [1.82, 2.24) is 9.78 Å². The van der Waals surface area contributed by atoms with Crippen molar-refractivity contribution in [1.29, 1.82) is 0 Å². The van der Waals surface area contributed by atoms with Crippen molar-refractivity contribution >= 4 is 32.5 Å². The van der Waals surface area contributed by atoms with Gasteiger partial charge < -0.3 is 5.73 Å². The van der Waals surface area contributed by atoms with Crippen LogP contribution < -0.4 is 5.73 Å². The molecule has 17 heavy (non-hydrogen) atoms. The molecule has 3 nitrogen and oxygen atoms in total. The van der Waals surface area contributed by atoms with E-state index in [2.05, 4.69) is 21.0 Å². The number of nitrogens with two attached hydrogens (primary N) is 1. The maximum absolute atomic E-state index is 5.79. The normalized spacial score (nSPS) is 10.9. The van der Waals surface area contributed by atoms with E-state index < -0.39 is 0 Å². The molecule has 3 rings (SSSR count). The fraction of sp³-hybridized carbons (Fsp3) is 0. The number of anilines is 1. The van der Waals surface area contributed by atoms with Crippen LogP contribution in [0.25, 0.3) is 16.6 Å². The lowest BCUT2D eigenvalue weighted by molar-refractivity contribution is 0.911. The van der Waals surface area contributed by atoms with Crippen molar-refractivity contribution in [2.75, 3.05) is 5.73 Å². The summed E-state index contributed by atoms with van der Waals surface area (Å²) in [5.74, 6) is 0. The van der Waals surface area contributed by atoms with E-state index in [0.717, 1.165) is 26.8 Å². The van der Waals surface area contributed by atoms with Crippen LogP contribution >= 0.6 is 15.9 Å². The van der Waals surface area contributed by atoms with Crippen LogP contribution in [-0.4, -0.2) is 9.78 Å². The summed E-state index contributed by atoms with van der Waals surface area (Å²) in [6.45, 7) is 0. The lowest BCUT2D eigenvalue weighted by Gasteiger charge is -2.04. The molecule has 0 saturated carbocycles. The Bertz CT molecular complexity index is 688. The van der Waals surface area contributed by atoms with Gasteiger partial charge in [-0.2, -0.15) is 5.10 Å². The number of nitrogens with zero attached hydrogens (tertiary/aromatic N) is 2. The zero-order valence-electron chi connectivity index (χ0n) is 8.97. The Kier molecular flexibility index (Phi) is 2.37. The molecular formula is C13H10BrN3. The third-order valence-electron chi connectivity index (χ3n) is 2.65. The molecule has 0 bridgehead atoms. The monoisotopic (exact) mass is 287 g/mol. The van der Waals surface area contributed by atoms with Crippen molar-refractivity contribution in [2.24, 2.45) is 0 Å². The molecule has 4 heteroatoms. The first-order valence-corrected chi connectivity index (χ1v) is 6.02. The molecule has 0 amide bonds. The second kappa shape index (κ2) is 3.89. The summed E-state index contributed by atoms with van der Waals surface area (Å²) in [4.78, 5) is 0. The van der Waals surface area contributed by atoms with Gasteiger partial charge in [0.05, 0.1) is 17.4 Å². The predicted octanol–water partition coefficient (Wildman–Crippen LogP) is 3.37. The highest BCUT2D eigenvalue weighted by atomic mass is 79.9. The Hall–Kier alpha value is -1.81. The fourth-order valence-electron chi connectivity index (χ4n) is 1.85. The van der Waals surface area contributed by atoms with Gasteiger partial charge in [-0.15, -0.1) is 0 Å². The molecule has 0 fully saturated rings. The quantitative estimate of drug-likeness (QED) is 0.698. The minimum absolute atomic E-state index is 0.737. The Morgan fingerprint density at radius 3 is 2.82 bits per heavy atom. The van der Waals surface area contributed by atoms with Crippen molar-refractivity contribution in [3.63, 3.8) is 0 Å². The van der Waals surface area contributed by atoms with Gasteiger partial charge in [-0.1, -0.05) is 28.1 Å². The highest BCUT2D eigenvalue weighted by molar-refractivity contribution is 9.10. The van der Waals surface area contributed by atoms with Crippen molar-refractivity contribution in [3.8, 4) is 5.69 Å². The number of benzene rings is 2. The lowest BCUT2D eigenvalue weighted by Crippen LogP contribution is -1.97. The van der Waals surface area contributed by atoms with E-state index in [0.29, 0.717) is 0 Å². The summed E-state index contributed by atoms with van der Waals surface area (Å²) in [6, 6.07) is 13.8. The van der Waals surface area contributed by atoms with Gasteiger partial charge in [-0.3, -0.25) is 0 Å². The van der Waals surface area contributed by atoms with E-state index >= 15 is 0 Å². The molecule has 0 aliphatic rings. The number of nitrogen functional groups attached to an aromatic ring is 1. The molecule has 0 radical (unpaired) electrons. The molecule has 0 aliphatic carbocycles. The van der Waals surface area contributed by atoms with E-state index in [-0.39, 0.29) is 0 Å². The first-order valence-electron chi connectivity index (χ1n) is 5.23. The number of hydrogen-bond acceptors (Lipinski definition) is 2. The van der Waals surface area contributed by atoms with Gasteiger partial charge in [-0.05, 0) is 30.3 Å². The molecule has 0 spiro atoms. The third kappa shape index (κ3) is 1.80. The second-order valence-corrected chi connectivity index (χ2v) is 4.77. The minimum Gasteiger partial charge on any atom is -0.399 e. The van der Waals surface area contributed by atoms with Crippen LogP contribution in [0.1, 0.15) is 0 Å². The zero-order chi connectivity index (χ0) is 11.8. The highest BCUT2D eigenvalue weighted by Crippen LogP contribution is 2.22. The van der Waals surface area contributed by atoms with Gasteiger partial charge in [0.15, 0.2) is 0 Å². The third-order valence-corrected chi connectivity index (χ3v) is 3.14. The molecule has 0 aliphatic heterocycles. The Balaban J connectivity index is 2.27. The van der Waals surface area contributed by atoms with Gasteiger partial charge in [0.2, 0.25) is 0 Å². The van der Waals surface area contributed by atoms with Crippen LogP contribution in [0.4, 0.5) is 5.69 Å². The lowest BCUT2D eigenvalue weighted by atomic mass is 10.2. The SMILES string of the molecule is Nc1cccc(-n2ncc3ccc(Br)cc32)c1. The first-order chi connectivity index (χ1) is 8.24. The average molecular weight is 288 g/mol. The Morgan fingerprint density at radius 2 is 2.00 bits per heavy atom. The van der Waals surface area contributed by atoms with Crippen LogP contribution in [0.3, 0.4) is 0 Å². The van der Waals surface area contributed by atoms with Crippen LogP contribution in [0.5, 0.6) is 0 Å². The van der Waals surface area contributed by atoms with Crippen LogP contribution in [0, 0.1) is 0 Å². The van der Waals surface area contributed by atoms with Gasteiger partial charge in [0.25, 0.3) is 0 Å². The van der Waals surface area contributed by atoms with Gasteiger partial charge in [0, 0.05) is 15.5 Å². The van der Waals surface area contributed by atoms with Crippen LogP contribution in [0.15, 0.2) is 53.1 Å². The maximum Gasteiger partial charge on any atom is 0.0752 e. The molecule has 84 valence electrons. The predicted molar refractivity (Wildman–Crippen MR) is 73.2 cm³/mol. The second-order valence-electron chi connectivity index (χ2n) is 3.85. The van der Waals surface area contributed by atoms with Crippen molar-refractivity contribution in [3.05, 3.63) is 53.1 Å². The number of hydrogen-bond donors (Lipinski definition) is 1. The van der Waals surface area contributed by atoms with Crippen LogP contribution in [-0.2, 0) is 0 Å². The maximum atomic E-state index is 5.79. The molecule has 2 N–H and O–H groups in total. The summed E-state index contributed by atoms with van der Waals surface area (Å²) in [7, 11) is 0. The van der Waals surface area contributed by atoms with E-state index in [9.17, 15) is 0 Å². The van der Waals surface area contributed by atoms with Gasteiger partial charge in [0.1, 0.15) is 0 Å². The van der Waals surface area contributed by atoms with Gasteiger partial charge >= 0.3 is 0 Å². The minimum atomic E-state index is 0.737.